The number of cyclic esters (lactones) is 2. The molecule has 58 heavy (non-hydrogen) atoms. The fraction of sp³-hybridized carbons (Fsp3) is 0.764. The van der Waals surface area contributed by atoms with Crippen molar-refractivity contribution in [1.82, 2.24) is 0 Å². The molecule has 3 heteroatoms. The molecule has 3 nitrogen and oxygen atoms in total. The van der Waals surface area contributed by atoms with E-state index in [0.717, 1.165) is 57.8 Å². The first-order chi connectivity index (χ1) is 28.7. The van der Waals surface area contributed by atoms with Gasteiger partial charge in [0.2, 0.25) is 0 Å². The number of hydrogen-bond donors (Lipinski definition) is 0. The molecule has 2 unspecified atom stereocenters. The molecule has 0 aromatic heterocycles. The summed E-state index contributed by atoms with van der Waals surface area (Å²) in [5, 5.41) is 0. The predicted molar refractivity (Wildman–Crippen MR) is 257 cm³/mol. The Morgan fingerprint density at radius 1 is 0.379 bits per heavy atom. The highest BCUT2D eigenvalue weighted by Gasteiger charge is 2.49. The summed E-state index contributed by atoms with van der Waals surface area (Å²) in [5.41, 5.74) is -0.422. The minimum Gasteiger partial charge on any atom is -0.427 e. The molecule has 1 aliphatic rings. The topological polar surface area (TPSA) is 35.5 Å². The van der Waals surface area contributed by atoms with E-state index in [2.05, 4.69) is 93.7 Å². The van der Waals surface area contributed by atoms with Gasteiger partial charge in [-0.15, -0.1) is 0 Å². The second-order valence-corrected chi connectivity index (χ2v) is 17.4. The lowest BCUT2D eigenvalue weighted by molar-refractivity contribution is 0.00380. The van der Waals surface area contributed by atoms with Crippen molar-refractivity contribution in [3.05, 3.63) is 72.9 Å². The van der Waals surface area contributed by atoms with E-state index in [0.29, 0.717) is 0 Å². The maximum absolute atomic E-state index is 12.7. The van der Waals surface area contributed by atoms with Crippen LogP contribution in [0.3, 0.4) is 0 Å². The summed E-state index contributed by atoms with van der Waals surface area (Å²) in [6, 6.07) is 0. The van der Waals surface area contributed by atoms with Crippen LogP contribution < -0.4 is 0 Å². The molecule has 0 N–H and O–H groups in total. The van der Waals surface area contributed by atoms with E-state index in [1.807, 2.05) is 0 Å². The van der Waals surface area contributed by atoms with Gasteiger partial charge in [0, 0.05) is 0 Å². The van der Waals surface area contributed by atoms with Gasteiger partial charge in [-0.25, -0.2) is 4.79 Å². The van der Waals surface area contributed by atoms with Crippen molar-refractivity contribution in [3.63, 3.8) is 0 Å². The number of unbranched alkanes of at least 4 members (excludes halogenated alkanes) is 25. The maximum Gasteiger partial charge on any atom is 0.509 e. The molecule has 0 spiro atoms. The summed E-state index contributed by atoms with van der Waals surface area (Å²) in [7, 11) is 0. The van der Waals surface area contributed by atoms with Crippen molar-refractivity contribution < 1.29 is 14.3 Å². The van der Waals surface area contributed by atoms with Crippen LogP contribution in [0, 0.1) is 0 Å². The average Bonchev–Trinajstić information content (AvgIpc) is 3.54. The van der Waals surface area contributed by atoms with Crippen molar-refractivity contribution in [1.29, 1.82) is 0 Å². The van der Waals surface area contributed by atoms with Gasteiger partial charge in [0.05, 0.1) is 0 Å². The molecule has 1 rings (SSSR count). The molecule has 0 bridgehead atoms. The summed E-state index contributed by atoms with van der Waals surface area (Å²) >= 11 is 0. The van der Waals surface area contributed by atoms with E-state index in [9.17, 15) is 4.79 Å². The minimum absolute atomic E-state index is 0.0817. The molecule has 0 aromatic carbocycles. The molecule has 0 aromatic rings. The molecule has 2 atom stereocenters. The van der Waals surface area contributed by atoms with E-state index in [1.54, 1.807) is 0 Å². The van der Waals surface area contributed by atoms with Crippen LogP contribution in [0.25, 0.3) is 0 Å². The highest BCUT2D eigenvalue weighted by atomic mass is 16.8. The Labute approximate surface area is 362 Å². The van der Waals surface area contributed by atoms with Crippen LogP contribution in [0.5, 0.6) is 0 Å². The summed E-state index contributed by atoms with van der Waals surface area (Å²) in [6.45, 7) is 6.79. The first-order valence-electron chi connectivity index (χ1n) is 25.5. The van der Waals surface area contributed by atoms with Gasteiger partial charge in [-0.05, 0) is 135 Å². The fourth-order valence-electron chi connectivity index (χ4n) is 8.14. The van der Waals surface area contributed by atoms with Crippen LogP contribution >= 0.6 is 0 Å². The largest absolute Gasteiger partial charge is 0.509 e. The van der Waals surface area contributed by atoms with Crippen LogP contribution in [0.1, 0.15) is 258 Å². The molecule has 334 valence electrons. The third kappa shape index (κ3) is 33.5. The Morgan fingerprint density at radius 2 is 0.672 bits per heavy atom. The highest BCUT2D eigenvalue weighted by molar-refractivity contribution is 5.63. The molecule has 0 amide bonds. The Balaban J connectivity index is 2.42. The Hall–Kier alpha value is -2.29. The lowest BCUT2D eigenvalue weighted by Gasteiger charge is -2.31. The molecular formula is C55H96O3. The van der Waals surface area contributed by atoms with Gasteiger partial charge in [0.1, 0.15) is 6.10 Å². The smallest absolute Gasteiger partial charge is 0.427 e. The van der Waals surface area contributed by atoms with Gasteiger partial charge in [0.15, 0.2) is 5.60 Å². The van der Waals surface area contributed by atoms with Crippen molar-refractivity contribution >= 4 is 6.16 Å². The van der Waals surface area contributed by atoms with Crippen LogP contribution in [-0.4, -0.2) is 17.9 Å². The fourth-order valence-corrected chi connectivity index (χ4v) is 8.14. The molecular weight excluding hydrogens is 709 g/mol. The van der Waals surface area contributed by atoms with E-state index < -0.39 is 11.8 Å². The number of allylic oxidation sites excluding steroid dienone is 12. The standard InChI is InChI=1S/C55H96O3/c1-4-7-10-13-16-19-22-25-28-31-34-37-40-43-46-49-52-55(51-48-45-42-39-36-33-30-27-24-21-18-15-12-9-6-3)53(57-54(56)58-55)50-47-44-41-38-35-32-29-26-23-20-17-14-11-8-5-2/h16-21,25-30,53H,4-15,22-24,31-52H2,1-3H3/b19-16-,20-17-,21-18-,28-25-,29-26-,30-27-. The quantitative estimate of drug-likeness (QED) is 0.0350. The van der Waals surface area contributed by atoms with Gasteiger partial charge < -0.3 is 9.47 Å². The van der Waals surface area contributed by atoms with Gasteiger partial charge in [-0.3, -0.25) is 0 Å². The van der Waals surface area contributed by atoms with Gasteiger partial charge in [-0.2, -0.15) is 0 Å². The van der Waals surface area contributed by atoms with E-state index in [1.165, 1.54) is 180 Å². The lowest BCUT2D eigenvalue weighted by Crippen LogP contribution is -2.40. The number of ether oxygens (including phenoxy) is 2. The molecule has 0 aliphatic carbocycles. The lowest BCUT2D eigenvalue weighted by atomic mass is 9.82. The molecule has 1 saturated heterocycles. The molecule has 1 heterocycles. The maximum atomic E-state index is 12.7. The van der Waals surface area contributed by atoms with E-state index in [-0.39, 0.29) is 6.10 Å². The zero-order chi connectivity index (χ0) is 41.7. The first kappa shape index (κ1) is 53.7. The molecule has 0 saturated carbocycles. The van der Waals surface area contributed by atoms with Crippen molar-refractivity contribution in [2.24, 2.45) is 0 Å². The predicted octanol–water partition coefficient (Wildman–Crippen LogP) is 19.1. The Bertz CT molecular complexity index is 1060. The van der Waals surface area contributed by atoms with E-state index >= 15 is 0 Å². The summed E-state index contributed by atoms with van der Waals surface area (Å²) in [5.74, 6) is 0. The number of rotatable bonds is 43. The van der Waals surface area contributed by atoms with Gasteiger partial charge >= 0.3 is 6.16 Å². The van der Waals surface area contributed by atoms with E-state index in [4.69, 9.17) is 9.47 Å². The first-order valence-corrected chi connectivity index (χ1v) is 25.5. The summed E-state index contributed by atoms with van der Waals surface area (Å²) in [6.07, 6.45) is 72.6. The van der Waals surface area contributed by atoms with Crippen molar-refractivity contribution in [3.8, 4) is 0 Å². The Kier molecular flexibility index (Phi) is 39.7. The van der Waals surface area contributed by atoms with Crippen molar-refractivity contribution in [2.45, 2.75) is 270 Å². The number of carbonyl (C=O) groups is 1. The van der Waals surface area contributed by atoms with Crippen LogP contribution in [0.15, 0.2) is 72.9 Å². The minimum atomic E-state index is -0.422. The van der Waals surface area contributed by atoms with Crippen molar-refractivity contribution in [2.75, 3.05) is 0 Å². The summed E-state index contributed by atoms with van der Waals surface area (Å²) in [4.78, 5) is 12.7. The highest BCUT2D eigenvalue weighted by Crippen LogP contribution is 2.40. The van der Waals surface area contributed by atoms with Crippen LogP contribution in [-0.2, 0) is 9.47 Å². The SMILES string of the molecule is CCCCC/C=C\C/C=C\CCCCCCCCC1(CCCCCCC/C=C\C/C=C\CCCCC)OC(=O)OC1CCCCCCC/C=C\C/C=C\CCCCC. The monoisotopic (exact) mass is 805 g/mol. The molecule has 1 aliphatic heterocycles. The van der Waals surface area contributed by atoms with Gasteiger partial charge in [-0.1, -0.05) is 196 Å². The second kappa shape index (κ2) is 42.8. The number of hydrogen-bond acceptors (Lipinski definition) is 3. The normalized spacial score (nSPS) is 17.5. The van der Waals surface area contributed by atoms with Crippen LogP contribution in [0.2, 0.25) is 0 Å². The molecule has 1 fully saturated rings. The van der Waals surface area contributed by atoms with Crippen LogP contribution in [0.4, 0.5) is 4.79 Å². The third-order valence-corrected chi connectivity index (χ3v) is 11.9. The zero-order valence-corrected chi connectivity index (χ0v) is 38.9. The average molecular weight is 805 g/mol. The third-order valence-electron chi connectivity index (χ3n) is 11.9. The Morgan fingerprint density at radius 3 is 1.02 bits per heavy atom. The summed E-state index contributed by atoms with van der Waals surface area (Å²) < 4.78 is 12.1. The number of carbonyl (C=O) groups excluding carboxylic acids is 1. The van der Waals surface area contributed by atoms with Gasteiger partial charge in [0.25, 0.3) is 0 Å². The molecule has 0 radical (unpaired) electrons. The second-order valence-electron chi connectivity index (χ2n) is 17.4. The zero-order valence-electron chi connectivity index (χ0n) is 38.9.